The Balaban J connectivity index is 0.00000102. The van der Waals surface area contributed by atoms with Gasteiger partial charge in [-0.3, -0.25) is 0 Å². The molecule has 0 N–H and O–H groups in total. The molecule has 144 valence electrons. The van der Waals surface area contributed by atoms with Crippen LogP contribution < -0.4 is 0 Å². The highest BCUT2D eigenvalue weighted by Gasteiger charge is 2.70. The average Bonchev–Trinajstić information content (AvgIpc) is 3.30. The van der Waals surface area contributed by atoms with Gasteiger partial charge in [0.1, 0.15) is 0 Å². The van der Waals surface area contributed by atoms with Gasteiger partial charge in [0, 0.05) is 10.8 Å². The molecular formula is C26H35P. The fourth-order valence-corrected chi connectivity index (χ4v) is 6.55. The molecule has 27 heavy (non-hydrogen) atoms. The topological polar surface area (TPSA) is 0 Å². The maximum absolute atomic E-state index is 2.53. The summed E-state index contributed by atoms with van der Waals surface area (Å²) in [4.78, 5) is 0. The molecule has 0 nitrogen and oxygen atoms in total. The lowest BCUT2D eigenvalue weighted by molar-refractivity contribution is 0.236. The Kier molecular flexibility index (Phi) is 5.69. The van der Waals surface area contributed by atoms with E-state index in [2.05, 4.69) is 88.4 Å². The van der Waals surface area contributed by atoms with Crippen LogP contribution in [0.2, 0.25) is 0 Å². The van der Waals surface area contributed by atoms with E-state index in [0.29, 0.717) is 0 Å². The summed E-state index contributed by atoms with van der Waals surface area (Å²) in [5, 5.41) is 1.52. The molecule has 4 rings (SSSR count). The summed E-state index contributed by atoms with van der Waals surface area (Å²) in [6.07, 6.45) is 17.8. The summed E-state index contributed by atoms with van der Waals surface area (Å²) in [5.74, 6) is 0. The van der Waals surface area contributed by atoms with Crippen LogP contribution in [-0.2, 0) is 5.41 Å². The molecule has 1 aromatic rings. The maximum Gasteiger partial charge on any atom is 0.0195 e. The van der Waals surface area contributed by atoms with Crippen LogP contribution in [0, 0.1) is 10.8 Å². The molecule has 3 aliphatic carbocycles. The van der Waals surface area contributed by atoms with E-state index in [-0.39, 0.29) is 16.2 Å². The molecule has 0 aliphatic heterocycles. The minimum Gasteiger partial charge on any atom is -0.0900 e. The zero-order chi connectivity index (χ0) is 19.7. The van der Waals surface area contributed by atoms with Crippen LogP contribution in [-0.4, -0.2) is 6.16 Å². The van der Waals surface area contributed by atoms with Crippen LogP contribution in [0.25, 0.3) is 5.31 Å². The number of allylic oxidation sites excluding steroid dienone is 7. The lowest BCUT2D eigenvalue weighted by atomic mass is 9.61. The molecule has 0 aromatic heterocycles. The molecule has 0 amide bonds. The number of rotatable bonds is 3. The standard InChI is InChI=1S/C24H29P.C2H6/c1-5-24-16-10-9-11-18(24)14-15-21(25-6-2)19-12-7-8-13-20(19)22(3)17-23(22,24)4;1-2/h7-16,25H,5-6,17H2,1-4H3;1-2H3/b18-14-,21-15-;. The van der Waals surface area contributed by atoms with Gasteiger partial charge in [0.05, 0.1) is 0 Å². The van der Waals surface area contributed by atoms with Gasteiger partial charge < -0.3 is 0 Å². The van der Waals surface area contributed by atoms with Crippen molar-refractivity contribution in [2.45, 2.75) is 59.8 Å². The SMILES string of the molecule is CC.CCP/C1=C\C=C2\C=CC=CC2(CC)C2(C)CC2(C)c2ccccc21. The van der Waals surface area contributed by atoms with Gasteiger partial charge in [0.25, 0.3) is 0 Å². The van der Waals surface area contributed by atoms with Gasteiger partial charge in [0.2, 0.25) is 0 Å². The van der Waals surface area contributed by atoms with E-state index >= 15 is 0 Å². The molecule has 1 saturated carbocycles. The molecular weight excluding hydrogens is 343 g/mol. The van der Waals surface area contributed by atoms with Gasteiger partial charge in [-0.15, -0.1) is 0 Å². The van der Waals surface area contributed by atoms with E-state index in [1.54, 1.807) is 5.56 Å². The zero-order valence-corrected chi connectivity index (χ0v) is 18.9. The van der Waals surface area contributed by atoms with Crippen molar-refractivity contribution in [1.82, 2.24) is 0 Å². The highest BCUT2D eigenvalue weighted by atomic mass is 31.1. The maximum atomic E-state index is 2.53. The number of hydrogen-bond donors (Lipinski definition) is 0. The van der Waals surface area contributed by atoms with Crippen molar-refractivity contribution in [3.8, 4) is 0 Å². The van der Waals surface area contributed by atoms with Crippen molar-refractivity contribution >= 4 is 13.9 Å². The second kappa shape index (κ2) is 7.56. The first-order chi connectivity index (χ1) is 13.0. The third kappa shape index (κ3) is 2.84. The quantitative estimate of drug-likeness (QED) is 0.469. The minimum absolute atomic E-state index is 0.144. The van der Waals surface area contributed by atoms with Crippen molar-refractivity contribution in [2.24, 2.45) is 10.8 Å². The van der Waals surface area contributed by atoms with Crippen molar-refractivity contribution in [3.63, 3.8) is 0 Å². The Labute approximate surface area is 168 Å². The highest BCUT2D eigenvalue weighted by Crippen LogP contribution is 2.76. The van der Waals surface area contributed by atoms with Gasteiger partial charge in [-0.05, 0) is 46.4 Å². The molecule has 1 heteroatoms. The van der Waals surface area contributed by atoms with Crippen molar-refractivity contribution in [2.75, 3.05) is 6.16 Å². The van der Waals surface area contributed by atoms with Crippen LogP contribution in [0.1, 0.15) is 65.5 Å². The molecule has 0 bridgehead atoms. The molecule has 4 unspecified atom stereocenters. The monoisotopic (exact) mass is 378 g/mol. The van der Waals surface area contributed by atoms with E-state index in [9.17, 15) is 0 Å². The highest BCUT2D eigenvalue weighted by molar-refractivity contribution is 7.50. The van der Waals surface area contributed by atoms with Gasteiger partial charge in [-0.2, -0.15) is 0 Å². The minimum atomic E-state index is 0.144. The van der Waals surface area contributed by atoms with Crippen LogP contribution in [0.4, 0.5) is 0 Å². The summed E-state index contributed by atoms with van der Waals surface area (Å²) in [6, 6.07) is 9.19. The molecule has 0 saturated heterocycles. The predicted octanol–water partition coefficient (Wildman–Crippen LogP) is 7.88. The van der Waals surface area contributed by atoms with E-state index in [0.717, 1.165) is 15.0 Å². The Morgan fingerprint density at radius 2 is 1.74 bits per heavy atom. The average molecular weight is 379 g/mol. The van der Waals surface area contributed by atoms with Crippen LogP contribution >= 0.6 is 8.58 Å². The summed E-state index contributed by atoms with van der Waals surface area (Å²) >= 11 is 0. The molecule has 1 aromatic carbocycles. The van der Waals surface area contributed by atoms with Crippen LogP contribution in [0.3, 0.4) is 0 Å². The first-order valence-corrected chi connectivity index (χ1v) is 11.9. The van der Waals surface area contributed by atoms with Crippen LogP contribution in [0.5, 0.6) is 0 Å². The second-order valence-corrected chi connectivity index (χ2v) is 9.76. The van der Waals surface area contributed by atoms with E-state index in [1.807, 2.05) is 13.8 Å². The molecule has 0 heterocycles. The molecule has 0 spiro atoms. The third-order valence-electron chi connectivity index (χ3n) is 7.23. The van der Waals surface area contributed by atoms with Crippen LogP contribution in [0.15, 0.2) is 66.3 Å². The summed E-state index contributed by atoms with van der Waals surface area (Å²) < 4.78 is 0. The normalized spacial score (nSPS) is 37.3. The smallest absolute Gasteiger partial charge is 0.0195 e. The summed E-state index contributed by atoms with van der Waals surface area (Å²) in [5.41, 5.74) is 5.21. The first-order valence-electron chi connectivity index (χ1n) is 10.6. The van der Waals surface area contributed by atoms with Gasteiger partial charge in [0.15, 0.2) is 0 Å². The Morgan fingerprint density at radius 3 is 2.44 bits per heavy atom. The van der Waals surface area contributed by atoms with Gasteiger partial charge in [-0.25, -0.2) is 0 Å². The largest absolute Gasteiger partial charge is 0.0900 e. The summed E-state index contributed by atoms with van der Waals surface area (Å²) in [7, 11) is 0.872. The van der Waals surface area contributed by atoms with Crippen molar-refractivity contribution in [3.05, 3.63) is 77.4 Å². The Morgan fingerprint density at radius 1 is 1.00 bits per heavy atom. The first kappa shape index (κ1) is 20.3. The lowest BCUT2D eigenvalue weighted by Crippen LogP contribution is -2.35. The molecule has 0 radical (unpaired) electrons. The summed E-state index contributed by atoms with van der Waals surface area (Å²) in [6.45, 7) is 13.7. The second-order valence-electron chi connectivity index (χ2n) is 8.16. The predicted molar refractivity (Wildman–Crippen MR) is 124 cm³/mol. The molecule has 3 aliphatic rings. The van der Waals surface area contributed by atoms with Gasteiger partial charge >= 0.3 is 0 Å². The zero-order valence-electron chi connectivity index (χ0n) is 17.9. The number of hydrogen-bond acceptors (Lipinski definition) is 0. The van der Waals surface area contributed by atoms with Crippen molar-refractivity contribution < 1.29 is 0 Å². The fraction of sp³-hybridized carbons (Fsp3) is 0.462. The lowest BCUT2D eigenvalue weighted by Gasteiger charge is -2.42. The molecule has 1 fully saturated rings. The Hall–Kier alpha value is -1.39. The number of benzene rings is 1. The molecule has 4 atom stereocenters. The van der Waals surface area contributed by atoms with Crippen molar-refractivity contribution in [1.29, 1.82) is 0 Å². The number of fused-ring (bicyclic) bond motifs is 5. The van der Waals surface area contributed by atoms with E-state index in [4.69, 9.17) is 0 Å². The fourth-order valence-electron chi connectivity index (χ4n) is 5.55. The third-order valence-corrected chi connectivity index (χ3v) is 8.40. The van der Waals surface area contributed by atoms with Gasteiger partial charge in [-0.1, -0.05) is 111 Å². The van der Waals surface area contributed by atoms with E-state index in [1.165, 1.54) is 29.0 Å². The van der Waals surface area contributed by atoms with E-state index < -0.39 is 0 Å². The Bertz CT molecular complexity index is 824.